The maximum absolute atomic E-state index is 13.4. The van der Waals surface area contributed by atoms with Crippen LogP contribution >= 0.6 is 0 Å². The Morgan fingerprint density at radius 2 is 1.77 bits per heavy atom. The van der Waals surface area contributed by atoms with Crippen molar-refractivity contribution in [3.05, 3.63) is 77.2 Å². The topological polar surface area (TPSA) is 63.9 Å². The van der Waals surface area contributed by atoms with Gasteiger partial charge in [-0.25, -0.2) is 9.97 Å². The fraction of sp³-hybridized carbons (Fsp3) is 0.250. The second-order valence-corrected chi connectivity index (χ2v) is 7.46. The summed E-state index contributed by atoms with van der Waals surface area (Å²) < 4.78 is 1.93. The molecule has 6 nitrogen and oxygen atoms in total. The monoisotopic (exact) mass is 399 g/mol. The fourth-order valence-electron chi connectivity index (χ4n) is 3.65. The SMILES string of the molecule is CCn1ncc(CN(C)C(=O)c2nc(-c3ccccc3C)nc3ccccc23)c1C. The van der Waals surface area contributed by atoms with Gasteiger partial charge in [-0.1, -0.05) is 42.5 Å². The van der Waals surface area contributed by atoms with Crippen LogP contribution in [0.4, 0.5) is 0 Å². The van der Waals surface area contributed by atoms with E-state index >= 15 is 0 Å². The van der Waals surface area contributed by atoms with E-state index in [1.54, 1.807) is 11.9 Å². The molecule has 0 unspecified atom stereocenters. The summed E-state index contributed by atoms with van der Waals surface area (Å²) in [4.78, 5) is 24.6. The minimum Gasteiger partial charge on any atom is -0.336 e. The van der Waals surface area contributed by atoms with Crippen LogP contribution in [0.2, 0.25) is 0 Å². The Bertz CT molecular complexity index is 1230. The molecule has 0 N–H and O–H groups in total. The third-order valence-corrected chi connectivity index (χ3v) is 5.45. The molecule has 4 aromatic rings. The van der Waals surface area contributed by atoms with E-state index in [0.717, 1.165) is 39.8 Å². The van der Waals surface area contributed by atoms with E-state index in [0.29, 0.717) is 18.1 Å². The normalized spacial score (nSPS) is 11.1. The van der Waals surface area contributed by atoms with Crippen LogP contribution in [0.3, 0.4) is 0 Å². The second-order valence-electron chi connectivity index (χ2n) is 7.46. The Kier molecular flexibility index (Phi) is 5.31. The van der Waals surface area contributed by atoms with Gasteiger partial charge < -0.3 is 4.90 Å². The first-order valence-corrected chi connectivity index (χ1v) is 10.1. The van der Waals surface area contributed by atoms with Gasteiger partial charge >= 0.3 is 0 Å². The second kappa shape index (κ2) is 8.06. The van der Waals surface area contributed by atoms with Crippen LogP contribution < -0.4 is 0 Å². The van der Waals surface area contributed by atoms with Crippen molar-refractivity contribution in [2.45, 2.75) is 33.9 Å². The van der Waals surface area contributed by atoms with E-state index in [9.17, 15) is 4.79 Å². The molecule has 2 aromatic heterocycles. The number of aromatic nitrogens is 4. The molecular weight excluding hydrogens is 374 g/mol. The number of aryl methyl sites for hydroxylation is 2. The predicted octanol–water partition coefficient (Wildman–Crippen LogP) is 4.40. The Balaban J connectivity index is 1.76. The summed E-state index contributed by atoms with van der Waals surface area (Å²) in [5.74, 6) is 0.436. The summed E-state index contributed by atoms with van der Waals surface area (Å²) in [6.07, 6.45) is 1.83. The first-order valence-electron chi connectivity index (χ1n) is 10.1. The van der Waals surface area contributed by atoms with Gasteiger partial charge in [0, 0.05) is 42.3 Å². The van der Waals surface area contributed by atoms with E-state index in [4.69, 9.17) is 9.97 Å². The van der Waals surface area contributed by atoms with Gasteiger partial charge in [-0.3, -0.25) is 9.48 Å². The molecule has 30 heavy (non-hydrogen) atoms. The number of amides is 1. The summed E-state index contributed by atoms with van der Waals surface area (Å²) in [6.45, 7) is 7.39. The third-order valence-electron chi connectivity index (χ3n) is 5.45. The lowest BCUT2D eigenvalue weighted by molar-refractivity contribution is 0.0781. The number of para-hydroxylation sites is 1. The zero-order chi connectivity index (χ0) is 21.3. The first-order chi connectivity index (χ1) is 14.5. The van der Waals surface area contributed by atoms with Crippen molar-refractivity contribution in [3.8, 4) is 11.4 Å². The zero-order valence-corrected chi connectivity index (χ0v) is 17.8. The molecule has 152 valence electrons. The van der Waals surface area contributed by atoms with E-state index in [-0.39, 0.29) is 5.91 Å². The van der Waals surface area contributed by atoms with Crippen molar-refractivity contribution in [3.63, 3.8) is 0 Å². The molecule has 0 aliphatic heterocycles. The van der Waals surface area contributed by atoms with Gasteiger partial charge in [0.1, 0.15) is 5.69 Å². The maximum atomic E-state index is 13.4. The third kappa shape index (κ3) is 3.56. The Morgan fingerprint density at radius 3 is 2.50 bits per heavy atom. The number of fused-ring (bicyclic) bond motifs is 1. The highest BCUT2D eigenvalue weighted by atomic mass is 16.2. The Hall–Kier alpha value is -3.54. The standard InChI is InChI=1S/C24H25N5O/c1-5-29-17(3)18(14-25-29)15-28(4)24(30)22-20-12-8-9-13-21(20)26-23(27-22)19-11-7-6-10-16(19)2/h6-14H,5,15H2,1-4H3. The van der Waals surface area contributed by atoms with Crippen LogP contribution in [0.1, 0.15) is 34.2 Å². The molecule has 0 atom stereocenters. The van der Waals surface area contributed by atoms with Gasteiger partial charge in [0.15, 0.2) is 5.82 Å². The van der Waals surface area contributed by atoms with Gasteiger partial charge in [-0.15, -0.1) is 0 Å². The summed E-state index contributed by atoms with van der Waals surface area (Å²) >= 11 is 0. The van der Waals surface area contributed by atoms with Crippen LogP contribution in [0.5, 0.6) is 0 Å². The maximum Gasteiger partial charge on any atom is 0.273 e. The average molecular weight is 399 g/mol. The van der Waals surface area contributed by atoms with Crippen molar-refractivity contribution in [1.82, 2.24) is 24.6 Å². The summed E-state index contributed by atoms with van der Waals surface area (Å²) in [5.41, 5.74) is 5.29. The van der Waals surface area contributed by atoms with Crippen LogP contribution in [0.15, 0.2) is 54.7 Å². The van der Waals surface area contributed by atoms with Crippen LogP contribution in [0, 0.1) is 13.8 Å². The van der Waals surface area contributed by atoms with E-state index in [2.05, 4.69) is 12.0 Å². The molecule has 0 saturated heterocycles. The van der Waals surface area contributed by atoms with E-state index in [1.807, 2.05) is 73.3 Å². The predicted molar refractivity (Wildman–Crippen MR) is 118 cm³/mol. The fourth-order valence-corrected chi connectivity index (χ4v) is 3.65. The molecule has 0 fully saturated rings. The number of carbonyl (C=O) groups is 1. The van der Waals surface area contributed by atoms with Crippen molar-refractivity contribution >= 4 is 16.8 Å². The quantitative estimate of drug-likeness (QED) is 0.499. The molecule has 0 aliphatic carbocycles. The average Bonchev–Trinajstić information content (AvgIpc) is 3.12. The van der Waals surface area contributed by atoms with Crippen molar-refractivity contribution in [2.75, 3.05) is 7.05 Å². The minimum atomic E-state index is -0.132. The molecular formula is C24H25N5O. The lowest BCUT2D eigenvalue weighted by Gasteiger charge is -2.18. The van der Waals surface area contributed by atoms with Crippen LogP contribution in [-0.4, -0.2) is 37.6 Å². The summed E-state index contributed by atoms with van der Waals surface area (Å²) in [5, 5.41) is 5.14. The number of nitrogens with zero attached hydrogens (tertiary/aromatic N) is 5. The number of benzene rings is 2. The number of carbonyl (C=O) groups excluding carboxylic acids is 1. The molecule has 0 saturated carbocycles. The van der Waals surface area contributed by atoms with Gasteiger partial charge in [0.2, 0.25) is 0 Å². The van der Waals surface area contributed by atoms with Crippen molar-refractivity contribution in [1.29, 1.82) is 0 Å². The minimum absolute atomic E-state index is 0.132. The molecule has 6 heteroatoms. The molecule has 1 amide bonds. The van der Waals surface area contributed by atoms with E-state index in [1.165, 1.54) is 0 Å². The van der Waals surface area contributed by atoms with Gasteiger partial charge in [-0.05, 0) is 32.4 Å². The molecule has 0 aliphatic rings. The molecule has 0 spiro atoms. The van der Waals surface area contributed by atoms with Gasteiger partial charge in [0.05, 0.1) is 11.7 Å². The smallest absolute Gasteiger partial charge is 0.273 e. The Labute approximate surface area is 176 Å². The highest BCUT2D eigenvalue weighted by Crippen LogP contribution is 2.25. The summed E-state index contributed by atoms with van der Waals surface area (Å²) in [7, 11) is 1.80. The lowest BCUT2D eigenvalue weighted by atomic mass is 10.1. The van der Waals surface area contributed by atoms with Gasteiger partial charge in [0.25, 0.3) is 5.91 Å². The molecule has 0 radical (unpaired) electrons. The highest BCUT2D eigenvalue weighted by Gasteiger charge is 2.21. The number of rotatable bonds is 5. The zero-order valence-electron chi connectivity index (χ0n) is 17.8. The molecule has 0 bridgehead atoms. The molecule has 2 aromatic carbocycles. The molecule has 2 heterocycles. The number of hydrogen-bond donors (Lipinski definition) is 0. The summed E-state index contributed by atoms with van der Waals surface area (Å²) in [6, 6.07) is 15.6. The van der Waals surface area contributed by atoms with Crippen LogP contribution in [-0.2, 0) is 13.1 Å². The Morgan fingerprint density at radius 1 is 1.03 bits per heavy atom. The number of hydrogen-bond acceptors (Lipinski definition) is 4. The van der Waals surface area contributed by atoms with Crippen molar-refractivity contribution in [2.24, 2.45) is 0 Å². The van der Waals surface area contributed by atoms with Crippen LogP contribution in [0.25, 0.3) is 22.3 Å². The molecule has 4 rings (SSSR count). The largest absolute Gasteiger partial charge is 0.336 e. The first kappa shape index (κ1) is 19.8. The lowest BCUT2D eigenvalue weighted by Crippen LogP contribution is -2.27. The highest BCUT2D eigenvalue weighted by molar-refractivity contribution is 6.04. The van der Waals surface area contributed by atoms with E-state index < -0.39 is 0 Å². The van der Waals surface area contributed by atoms with Crippen molar-refractivity contribution < 1.29 is 4.79 Å². The van der Waals surface area contributed by atoms with Gasteiger partial charge in [-0.2, -0.15) is 5.10 Å².